The number of amides is 3. The minimum Gasteiger partial charge on any atom is -0.456 e. The SMILES string of the molecule is CN(CCS(=O)(=O)c1ccccc1)C(=O)C[C@H](NC(=O)OC(C)(C)C)C(=O)Nc1ccc(C(=O)OC(C)(C)C)cc1. The molecule has 3 amide bonds. The van der Waals surface area contributed by atoms with Gasteiger partial charge in [0.2, 0.25) is 11.8 Å². The number of hydrogen-bond acceptors (Lipinski definition) is 8. The number of carbonyl (C=O) groups excluding carboxylic acids is 4. The number of anilines is 1. The molecule has 41 heavy (non-hydrogen) atoms. The predicted molar refractivity (Wildman–Crippen MR) is 154 cm³/mol. The summed E-state index contributed by atoms with van der Waals surface area (Å²) in [5, 5.41) is 5.04. The molecule has 0 aliphatic rings. The van der Waals surface area contributed by atoms with Crippen LogP contribution in [0, 0.1) is 0 Å². The number of rotatable bonds is 10. The number of hydrogen-bond donors (Lipinski definition) is 2. The van der Waals surface area contributed by atoms with Crippen LogP contribution >= 0.6 is 0 Å². The van der Waals surface area contributed by atoms with Crippen LogP contribution in [0.5, 0.6) is 0 Å². The van der Waals surface area contributed by atoms with Gasteiger partial charge in [0.15, 0.2) is 9.84 Å². The molecule has 2 rings (SSSR count). The normalized spacial score (nSPS) is 12.6. The van der Waals surface area contributed by atoms with Gasteiger partial charge in [-0.1, -0.05) is 18.2 Å². The number of sulfone groups is 1. The first-order valence-electron chi connectivity index (χ1n) is 13.0. The fourth-order valence-electron chi connectivity index (χ4n) is 3.37. The van der Waals surface area contributed by atoms with Gasteiger partial charge >= 0.3 is 12.1 Å². The van der Waals surface area contributed by atoms with E-state index in [9.17, 15) is 27.6 Å². The van der Waals surface area contributed by atoms with Gasteiger partial charge in [0.05, 0.1) is 22.6 Å². The van der Waals surface area contributed by atoms with Crippen LogP contribution in [0.2, 0.25) is 0 Å². The van der Waals surface area contributed by atoms with E-state index >= 15 is 0 Å². The third-order valence-corrected chi connectivity index (χ3v) is 7.11. The maximum absolute atomic E-state index is 13.1. The molecule has 0 spiro atoms. The summed E-state index contributed by atoms with van der Waals surface area (Å²) in [6, 6.07) is 12.5. The van der Waals surface area contributed by atoms with Crippen LogP contribution in [-0.4, -0.2) is 73.8 Å². The molecular formula is C29H39N3O8S. The summed E-state index contributed by atoms with van der Waals surface area (Å²) in [6.45, 7) is 10.1. The smallest absolute Gasteiger partial charge is 0.408 e. The summed E-state index contributed by atoms with van der Waals surface area (Å²) in [5.41, 5.74) is -0.929. The van der Waals surface area contributed by atoms with Crippen LogP contribution in [0.4, 0.5) is 10.5 Å². The van der Waals surface area contributed by atoms with Gasteiger partial charge in [0, 0.05) is 19.3 Å². The number of esters is 1. The Bertz CT molecular complexity index is 1330. The van der Waals surface area contributed by atoms with Crippen LogP contribution in [-0.2, 0) is 28.9 Å². The molecule has 0 heterocycles. The number of benzene rings is 2. The zero-order valence-electron chi connectivity index (χ0n) is 24.5. The summed E-state index contributed by atoms with van der Waals surface area (Å²) in [7, 11) is -2.21. The summed E-state index contributed by atoms with van der Waals surface area (Å²) >= 11 is 0. The van der Waals surface area contributed by atoms with Crippen molar-refractivity contribution in [3.63, 3.8) is 0 Å². The lowest BCUT2D eigenvalue weighted by Gasteiger charge is -2.25. The van der Waals surface area contributed by atoms with E-state index in [1.807, 2.05) is 0 Å². The second kappa shape index (κ2) is 13.6. The molecule has 2 aromatic rings. The molecule has 2 aromatic carbocycles. The van der Waals surface area contributed by atoms with E-state index in [2.05, 4.69) is 10.6 Å². The van der Waals surface area contributed by atoms with Crippen LogP contribution in [0.15, 0.2) is 59.5 Å². The first-order valence-corrected chi connectivity index (χ1v) is 14.7. The first-order chi connectivity index (χ1) is 18.9. The van der Waals surface area contributed by atoms with Gasteiger partial charge in [0.1, 0.15) is 17.2 Å². The third-order valence-electron chi connectivity index (χ3n) is 5.40. The van der Waals surface area contributed by atoms with Gasteiger partial charge in [-0.25, -0.2) is 18.0 Å². The lowest BCUT2D eigenvalue weighted by Crippen LogP contribution is -2.48. The lowest BCUT2D eigenvalue weighted by molar-refractivity contribution is -0.132. The van der Waals surface area contributed by atoms with E-state index < -0.39 is 57.4 Å². The summed E-state index contributed by atoms with van der Waals surface area (Å²) in [5.74, 6) is -2.12. The quantitative estimate of drug-likeness (QED) is 0.398. The van der Waals surface area contributed by atoms with Gasteiger partial charge in [-0.05, 0) is 77.9 Å². The standard InChI is InChI=1S/C29H39N3O8S/c1-28(2,3)39-26(35)20-13-15-21(16-14-20)30-25(34)23(31-27(36)40-29(4,5)6)19-24(33)32(7)17-18-41(37,38)22-11-9-8-10-12-22/h8-16,23H,17-19H2,1-7H3,(H,30,34)(H,31,36)/t23-/m0/s1. The van der Waals surface area contributed by atoms with E-state index in [0.29, 0.717) is 5.69 Å². The highest BCUT2D eigenvalue weighted by Crippen LogP contribution is 2.16. The molecule has 0 aliphatic heterocycles. The molecule has 0 aromatic heterocycles. The molecule has 0 saturated heterocycles. The van der Waals surface area contributed by atoms with Gasteiger partial charge in [0.25, 0.3) is 0 Å². The maximum Gasteiger partial charge on any atom is 0.408 e. The van der Waals surface area contributed by atoms with Crippen LogP contribution < -0.4 is 10.6 Å². The largest absolute Gasteiger partial charge is 0.456 e. The van der Waals surface area contributed by atoms with Crippen LogP contribution in [0.3, 0.4) is 0 Å². The molecular weight excluding hydrogens is 550 g/mol. The topological polar surface area (TPSA) is 148 Å². The Balaban J connectivity index is 2.12. The number of ether oxygens (including phenoxy) is 2. The van der Waals surface area contributed by atoms with E-state index in [1.54, 1.807) is 59.7 Å². The first kappa shape index (κ1) is 33.3. The van der Waals surface area contributed by atoms with E-state index in [-0.39, 0.29) is 22.8 Å². The molecule has 0 aliphatic carbocycles. The third kappa shape index (κ3) is 11.6. The summed E-state index contributed by atoms with van der Waals surface area (Å²) in [4.78, 5) is 52.2. The fourth-order valence-corrected chi connectivity index (χ4v) is 4.69. The van der Waals surface area contributed by atoms with E-state index in [1.165, 1.54) is 48.3 Å². The zero-order chi connectivity index (χ0) is 31.0. The highest BCUT2D eigenvalue weighted by atomic mass is 32.2. The van der Waals surface area contributed by atoms with Crippen molar-refractivity contribution in [1.82, 2.24) is 10.2 Å². The number of nitrogens with one attached hydrogen (secondary N) is 2. The molecule has 0 saturated carbocycles. The second-order valence-electron chi connectivity index (χ2n) is 11.4. The fraction of sp³-hybridized carbons (Fsp3) is 0.448. The number of nitrogens with zero attached hydrogens (tertiary/aromatic N) is 1. The molecule has 0 bridgehead atoms. The Morgan fingerprint density at radius 1 is 0.854 bits per heavy atom. The molecule has 2 N–H and O–H groups in total. The van der Waals surface area contributed by atoms with Crippen LogP contribution in [0.1, 0.15) is 58.3 Å². The molecule has 0 unspecified atom stereocenters. The van der Waals surface area contributed by atoms with Crippen LogP contribution in [0.25, 0.3) is 0 Å². The minimum atomic E-state index is -3.63. The predicted octanol–water partition coefficient (Wildman–Crippen LogP) is 3.80. The Labute approximate surface area is 241 Å². The van der Waals surface area contributed by atoms with Crippen molar-refractivity contribution in [2.24, 2.45) is 0 Å². The van der Waals surface area contributed by atoms with Crippen molar-refractivity contribution in [3.05, 3.63) is 60.2 Å². The Morgan fingerprint density at radius 3 is 1.95 bits per heavy atom. The highest BCUT2D eigenvalue weighted by molar-refractivity contribution is 7.91. The van der Waals surface area contributed by atoms with Gasteiger partial charge in [-0.3, -0.25) is 9.59 Å². The summed E-state index contributed by atoms with van der Waals surface area (Å²) < 4.78 is 35.8. The average Bonchev–Trinajstić information content (AvgIpc) is 2.85. The van der Waals surface area contributed by atoms with Crippen molar-refractivity contribution in [1.29, 1.82) is 0 Å². The highest BCUT2D eigenvalue weighted by Gasteiger charge is 2.29. The van der Waals surface area contributed by atoms with Crippen molar-refractivity contribution >= 4 is 39.4 Å². The van der Waals surface area contributed by atoms with Gasteiger partial charge in [-0.15, -0.1) is 0 Å². The number of alkyl carbamates (subject to hydrolysis) is 1. The Morgan fingerprint density at radius 2 is 1.41 bits per heavy atom. The van der Waals surface area contributed by atoms with E-state index in [4.69, 9.17) is 9.47 Å². The second-order valence-corrected chi connectivity index (χ2v) is 13.5. The lowest BCUT2D eigenvalue weighted by atomic mass is 10.1. The Kier molecular flexibility index (Phi) is 11.1. The van der Waals surface area contributed by atoms with Crippen molar-refractivity contribution < 1.29 is 37.1 Å². The average molecular weight is 590 g/mol. The van der Waals surface area contributed by atoms with Gasteiger partial charge in [-0.2, -0.15) is 0 Å². The minimum absolute atomic E-state index is 0.122. The van der Waals surface area contributed by atoms with Crippen molar-refractivity contribution in [2.75, 3.05) is 24.7 Å². The zero-order valence-corrected chi connectivity index (χ0v) is 25.3. The maximum atomic E-state index is 13.1. The molecule has 1 atom stereocenters. The monoisotopic (exact) mass is 589 g/mol. The molecule has 224 valence electrons. The molecule has 11 nitrogen and oxygen atoms in total. The molecule has 0 radical (unpaired) electrons. The van der Waals surface area contributed by atoms with Crippen molar-refractivity contribution in [2.45, 2.75) is 70.1 Å². The van der Waals surface area contributed by atoms with Gasteiger partial charge < -0.3 is 25.0 Å². The number of carbonyl (C=O) groups is 4. The Hall–Kier alpha value is -3.93. The van der Waals surface area contributed by atoms with E-state index in [0.717, 1.165) is 0 Å². The van der Waals surface area contributed by atoms with Crippen molar-refractivity contribution in [3.8, 4) is 0 Å². The molecule has 12 heteroatoms. The molecule has 0 fully saturated rings. The summed E-state index contributed by atoms with van der Waals surface area (Å²) in [6.07, 6.45) is -1.36.